The van der Waals surface area contributed by atoms with E-state index in [-0.39, 0.29) is 25.0 Å². The Labute approximate surface area is 142 Å². The fraction of sp³-hybridized carbons (Fsp3) is 0.941. The molecule has 140 valence electrons. The highest BCUT2D eigenvalue weighted by molar-refractivity contribution is 5.59. The van der Waals surface area contributed by atoms with Gasteiger partial charge in [-0.3, -0.25) is 4.48 Å². The predicted octanol–water partition coefficient (Wildman–Crippen LogP) is 3.52. The van der Waals surface area contributed by atoms with Crippen LogP contribution in [0.1, 0.15) is 61.3 Å². The third kappa shape index (κ3) is 9.79. The van der Waals surface area contributed by atoms with Crippen molar-refractivity contribution in [1.82, 2.24) is 0 Å². The molecule has 3 unspecified atom stereocenters. The van der Waals surface area contributed by atoms with Crippen molar-refractivity contribution < 1.29 is 28.6 Å². The van der Waals surface area contributed by atoms with E-state index in [2.05, 4.69) is 0 Å². The Hall–Kier alpha value is -0.850. The molecule has 1 aliphatic heterocycles. The molecule has 1 heterocycles. The van der Waals surface area contributed by atoms with Gasteiger partial charge in [0.15, 0.2) is 6.29 Å². The average molecular weight is 336 g/mol. The van der Waals surface area contributed by atoms with Crippen molar-refractivity contribution >= 4 is 6.16 Å². The number of hydrogen-bond acceptors (Lipinski definition) is 5. The Morgan fingerprint density at radius 2 is 1.74 bits per heavy atom. The monoisotopic (exact) mass is 336 g/mol. The fourth-order valence-electron chi connectivity index (χ4n) is 2.41. The lowest BCUT2D eigenvalue weighted by Gasteiger charge is -2.43. The van der Waals surface area contributed by atoms with E-state index >= 15 is 0 Å². The van der Waals surface area contributed by atoms with Crippen molar-refractivity contribution in [2.24, 2.45) is 0 Å². The summed E-state index contributed by atoms with van der Waals surface area (Å²) in [7, 11) is 3.95. The van der Waals surface area contributed by atoms with Crippen molar-refractivity contribution in [3.63, 3.8) is 0 Å². The lowest BCUT2D eigenvalue weighted by atomic mass is 10.0. The number of aliphatic hydroxyl groups excluding tert-OH is 1. The van der Waals surface area contributed by atoms with Gasteiger partial charge in [-0.2, -0.15) is 0 Å². The van der Waals surface area contributed by atoms with E-state index in [9.17, 15) is 9.90 Å². The minimum absolute atomic E-state index is 0.0801. The standard InChI is InChI=1S/C13H26NO5.2C2H6/c1-9(2)18-13(16)17-8-14(4,5)11-6-7-12(15)19-10(11)3;2*1-2/h9-12,15H,6-8H2,1-5H3;2*1-2H3/q+1;;. The first-order valence-electron chi connectivity index (χ1n) is 8.72. The second-order valence-corrected chi connectivity index (χ2v) is 5.91. The van der Waals surface area contributed by atoms with Crippen LogP contribution in [0, 0.1) is 0 Å². The van der Waals surface area contributed by atoms with Gasteiger partial charge in [-0.1, -0.05) is 27.7 Å². The minimum Gasteiger partial charge on any atom is -0.431 e. The first-order valence-corrected chi connectivity index (χ1v) is 8.72. The number of aliphatic hydroxyl groups is 1. The Kier molecular flexibility index (Phi) is 13.3. The Bertz CT molecular complexity index is 307. The van der Waals surface area contributed by atoms with Gasteiger partial charge in [-0.25, -0.2) is 4.79 Å². The molecule has 1 rings (SSSR count). The van der Waals surface area contributed by atoms with Gasteiger partial charge in [0.25, 0.3) is 0 Å². The van der Waals surface area contributed by atoms with Crippen molar-refractivity contribution in [3.8, 4) is 0 Å². The van der Waals surface area contributed by atoms with Gasteiger partial charge in [0.2, 0.25) is 6.73 Å². The largest absolute Gasteiger partial charge is 0.512 e. The maximum absolute atomic E-state index is 11.4. The fourth-order valence-corrected chi connectivity index (χ4v) is 2.41. The second-order valence-electron chi connectivity index (χ2n) is 5.91. The summed E-state index contributed by atoms with van der Waals surface area (Å²) >= 11 is 0. The molecule has 0 spiro atoms. The highest BCUT2D eigenvalue weighted by Crippen LogP contribution is 2.25. The molecule has 3 atom stereocenters. The molecule has 1 saturated heterocycles. The van der Waals surface area contributed by atoms with Gasteiger partial charge < -0.3 is 19.3 Å². The van der Waals surface area contributed by atoms with Crippen molar-refractivity contribution in [1.29, 1.82) is 0 Å². The van der Waals surface area contributed by atoms with E-state index in [1.807, 2.05) is 48.7 Å². The highest BCUT2D eigenvalue weighted by atomic mass is 16.7. The molecular formula is C17H38NO5+. The molecule has 0 aliphatic carbocycles. The first-order chi connectivity index (χ1) is 10.7. The van der Waals surface area contributed by atoms with Crippen LogP contribution < -0.4 is 0 Å². The quantitative estimate of drug-likeness (QED) is 0.483. The highest BCUT2D eigenvalue weighted by Gasteiger charge is 2.39. The molecule has 1 aliphatic rings. The number of carbonyl (C=O) groups is 1. The topological polar surface area (TPSA) is 65.0 Å². The van der Waals surface area contributed by atoms with E-state index < -0.39 is 12.4 Å². The molecule has 0 aromatic heterocycles. The van der Waals surface area contributed by atoms with Gasteiger partial charge in [-0.05, 0) is 20.8 Å². The maximum atomic E-state index is 11.4. The number of nitrogens with zero attached hydrogens (tertiary/aromatic N) is 1. The minimum atomic E-state index is -0.682. The zero-order valence-corrected chi connectivity index (χ0v) is 16.5. The van der Waals surface area contributed by atoms with Gasteiger partial charge >= 0.3 is 6.16 Å². The first kappa shape index (κ1) is 24.4. The molecule has 1 N–H and O–H groups in total. The molecule has 0 amide bonds. The predicted molar refractivity (Wildman–Crippen MR) is 91.9 cm³/mol. The zero-order valence-electron chi connectivity index (χ0n) is 16.5. The van der Waals surface area contributed by atoms with Gasteiger partial charge in [0.1, 0.15) is 12.1 Å². The van der Waals surface area contributed by atoms with Gasteiger partial charge in [-0.15, -0.1) is 0 Å². The molecule has 0 bridgehead atoms. The van der Waals surface area contributed by atoms with Crippen LogP contribution in [0.4, 0.5) is 4.79 Å². The number of quaternary nitrogens is 1. The molecule has 0 aromatic rings. The van der Waals surface area contributed by atoms with E-state index in [4.69, 9.17) is 14.2 Å². The maximum Gasteiger partial charge on any atom is 0.512 e. The number of rotatable bonds is 4. The zero-order chi connectivity index (χ0) is 18.6. The Morgan fingerprint density at radius 3 is 2.17 bits per heavy atom. The third-order valence-electron chi connectivity index (χ3n) is 3.37. The van der Waals surface area contributed by atoms with Crippen molar-refractivity contribution in [2.45, 2.75) is 85.8 Å². The second kappa shape index (κ2) is 12.6. The summed E-state index contributed by atoms with van der Waals surface area (Å²) < 4.78 is 16.0. The van der Waals surface area contributed by atoms with E-state index in [0.717, 1.165) is 6.42 Å². The summed E-state index contributed by atoms with van der Waals surface area (Å²) in [6, 6.07) is 0.176. The lowest BCUT2D eigenvalue weighted by Crippen LogP contribution is -2.58. The van der Waals surface area contributed by atoms with Crippen LogP contribution in [0.3, 0.4) is 0 Å². The van der Waals surface area contributed by atoms with Crippen LogP contribution in [0.2, 0.25) is 0 Å². The number of hydrogen-bond donors (Lipinski definition) is 1. The molecule has 1 fully saturated rings. The van der Waals surface area contributed by atoms with Crippen LogP contribution in [0.15, 0.2) is 0 Å². The van der Waals surface area contributed by atoms with Crippen LogP contribution in [0.5, 0.6) is 0 Å². The summed E-state index contributed by atoms with van der Waals surface area (Å²) in [5.74, 6) is 0. The summed E-state index contributed by atoms with van der Waals surface area (Å²) in [5.41, 5.74) is 0. The number of ether oxygens (including phenoxy) is 3. The van der Waals surface area contributed by atoms with E-state index in [1.54, 1.807) is 13.8 Å². The summed E-state index contributed by atoms with van der Waals surface area (Å²) in [6.07, 6.45) is -0.159. The summed E-state index contributed by atoms with van der Waals surface area (Å²) in [6.45, 7) is 13.7. The smallest absolute Gasteiger partial charge is 0.431 e. The van der Waals surface area contributed by atoms with E-state index in [1.165, 1.54) is 0 Å². The van der Waals surface area contributed by atoms with Gasteiger partial charge in [0.05, 0.1) is 20.2 Å². The third-order valence-corrected chi connectivity index (χ3v) is 3.37. The molecule has 0 saturated carbocycles. The molecule has 23 heavy (non-hydrogen) atoms. The average Bonchev–Trinajstić information content (AvgIpc) is 2.48. The number of likely N-dealkylation sites (N-methyl/N-ethyl adjacent to an activating group) is 1. The van der Waals surface area contributed by atoms with Crippen LogP contribution in [-0.2, 0) is 14.2 Å². The normalized spacial score (nSPS) is 23.9. The summed E-state index contributed by atoms with van der Waals surface area (Å²) in [4.78, 5) is 11.4. The summed E-state index contributed by atoms with van der Waals surface area (Å²) in [5, 5.41) is 9.45. The molecular weight excluding hydrogens is 298 g/mol. The van der Waals surface area contributed by atoms with Crippen LogP contribution in [-0.4, -0.2) is 61.1 Å². The van der Waals surface area contributed by atoms with Crippen molar-refractivity contribution in [3.05, 3.63) is 0 Å². The van der Waals surface area contributed by atoms with Crippen molar-refractivity contribution in [2.75, 3.05) is 20.8 Å². The Balaban J connectivity index is 0. The molecule has 0 radical (unpaired) electrons. The molecule has 6 nitrogen and oxygen atoms in total. The van der Waals surface area contributed by atoms with Crippen LogP contribution >= 0.6 is 0 Å². The van der Waals surface area contributed by atoms with E-state index in [0.29, 0.717) is 10.9 Å². The van der Waals surface area contributed by atoms with Crippen LogP contribution in [0.25, 0.3) is 0 Å². The lowest BCUT2D eigenvalue weighted by molar-refractivity contribution is -0.936. The molecule has 6 heteroatoms. The molecule has 0 aromatic carbocycles. The number of carbonyl (C=O) groups excluding carboxylic acids is 1. The van der Waals surface area contributed by atoms with Gasteiger partial charge in [0, 0.05) is 12.8 Å². The SMILES string of the molecule is CC.CC.CC(C)OC(=O)OC[N+](C)(C)C1CCC(O)OC1C. The Morgan fingerprint density at radius 1 is 1.22 bits per heavy atom.